The molecule has 6 heteroatoms. The van der Waals surface area contributed by atoms with E-state index in [1.807, 2.05) is 6.07 Å². The summed E-state index contributed by atoms with van der Waals surface area (Å²) in [5.41, 5.74) is 0.943. The van der Waals surface area contributed by atoms with Crippen molar-refractivity contribution in [2.45, 2.75) is 6.54 Å². The van der Waals surface area contributed by atoms with Crippen molar-refractivity contribution in [3.8, 4) is 0 Å². The topological polar surface area (TPSA) is 55.2 Å². The van der Waals surface area contributed by atoms with Gasteiger partial charge < -0.3 is 5.32 Å². The van der Waals surface area contributed by atoms with E-state index in [0.717, 1.165) is 10.0 Å². The van der Waals surface area contributed by atoms with Crippen LogP contribution in [0.2, 0.25) is 0 Å². The Hall–Kier alpha value is -0.720. The van der Waals surface area contributed by atoms with Crippen molar-refractivity contribution in [2.24, 2.45) is 0 Å². The van der Waals surface area contributed by atoms with Gasteiger partial charge in [-0.3, -0.25) is 10.1 Å². The number of benzene rings is 1. The van der Waals surface area contributed by atoms with Crippen LogP contribution in [-0.2, 0) is 6.54 Å². The third kappa shape index (κ3) is 4.42. The van der Waals surface area contributed by atoms with Crippen LogP contribution in [0.3, 0.4) is 0 Å². The summed E-state index contributed by atoms with van der Waals surface area (Å²) in [5.74, 6) is 0. The van der Waals surface area contributed by atoms with Gasteiger partial charge in [-0.25, -0.2) is 0 Å². The maximum atomic E-state index is 10.6. The molecule has 1 aromatic carbocycles. The number of rotatable bonds is 5. The molecule has 0 aliphatic rings. The fourth-order valence-electron chi connectivity index (χ4n) is 1.18. The third-order valence-electron chi connectivity index (χ3n) is 1.80. The molecule has 16 heavy (non-hydrogen) atoms. The van der Waals surface area contributed by atoms with Gasteiger partial charge in [0, 0.05) is 34.2 Å². The summed E-state index contributed by atoms with van der Waals surface area (Å²) in [7, 11) is 0. The molecule has 0 aliphatic carbocycles. The van der Waals surface area contributed by atoms with E-state index in [1.165, 1.54) is 6.07 Å². The molecule has 0 heterocycles. The van der Waals surface area contributed by atoms with Gasteiger partial charge in [0.1, 0.15) is 0 Å². The number of hydrogen-bond donors (Lipinski definition) is 1. The number of nitro benzene ring substituents is 1. The fraction of sp³-hybridized carbons (Fsp3) is 0.200. The first-order valence-electron chi connectivity index (χ1n) is 4.47. The van der Waals surface area contributed by atoms with Gasteiger partial charge in [-0.15, -0.1) is 0 Å². The number of hydrogen-bond acceptors (Lipinski definition) is 3. The molecule has 86 valence electrons. The number of halogens is 2. The van der Waals surface area contributed by atoms with Crippen molar-refractivity contribution in [3.05, 3.63) is 49.4 Å². The second-order valence-corrected chi connectivity index (χ2v) is 5.23. The van der Waals surface area contributed by atoms with Crippen molar-refractivity contribution in [1.82, 2.24) is 5.32 Å². The Kier molecular flexibility index (Phi) is 5.11. The zero-order valence-corrected chi connectivity index (χ0v) is 11.5. The molecule has 0 aromatic heterocycles. The molecule has 1 N–H and O–H groups in total. The number of nitrogens with zero attached hydrogens (tertiary/aromatic N) is 1. The van der Waals surface area contributed by atoms with E-state index in [-0.39, 0.29) is 5.69 Å². The van der Waals surface area contributed by atoms with Crippen molar-refractivity contribution in [2.75, 3.05) is 6.54 Å². The first kappa shape index (κ1) is 13.3. The van der Waals surface area contributed by atoms with Gasteiger partial charge in [-0.05, 0) is 11.6 Å². The monoisotopic (exact) mass is 348 g/mol. The molecule has 0 aliphatic heterocycles. The lowest BCUT2D eigenvalue weighted by molar-refractivity contribution is -0.385. The van der Waals surface area contributed by atoms with Crippen molar-refractivity contribution in [3.63, 3.8) is 0 Å². The SMILES string of the molecule is C=C(Br)CNCc1cc(Br)cc([N+](=O)[O-])c1. The van der Waals surface area contributed by atoms with Crippen LogP contribution in [0.1, 0.15) is 5.56 Å². The molecule has 0 atom stereocenters. The minimum Gasteiger partial charge on any atom is -0.308 e. The van der Waals surface area contributed by atoms with Gasteiger partial charge in [0.25, 0.3) is 5.69 Å². The lowest BCUT2D eigenvalue weighted by Gasteiger charge is -2.04. The molecule has 1 rings (SSSR count). The summed E-state index contributed by atoms with van der Waals surface area (Å²) in [6.07, 6.45) is 0. The van der Waals surface area contributed by atoms with E-state index < -0.39 is 4.92 Å². The first-order valence-corrected chi connectivity index (χ1v) is 6.05. The predicted molar refractivity (Wildman–Crippen MR) is 70.6 cm³/mol. The molecule has 0 unspecified atom stereocenters. The number of nitrogens with one attached hydrogen (secondary N) is 1. The van der Waals surface area contributed by atoms with E-state index >= 15 is 0 Å². The predicted octanol–water partition coefficient (Wildman–Crippen LogP) is 3.36. The molecule has 0 saturated carbocycles. The van der Waals surface area contributed by atoms with E-state index in [2.05, 4.69) is 43.8 Å². The zero-order valence-electron chi connectivity index (χ0n) is 8.37. The maximum Gasteiger partial charge on any atom is 0.270 e. The highest BCUT2D eigenvalue weighted by Crippen LogP contribution is 2.21. The Morgan fingerprint density at radius 2 is 2.19 bits per heavy atom. The van der Waals surface area contributed by atoms with Gasteiger partial charge in [0.15, 0.2) is 0 Å². The molecule has 0 saturated heterocycles. The summed E-state index contributed by atoms with van der Waals surface area (Å²) in [6.45, 7) is 4.87. The van der Waals surface area contributed by atoms with Crippen LogP contribution in [0.15, 0.2) is 33.7 Å². The first-order chi connectivity index (χ1) is 7.49. The Morgan fingerprint density at radius 1 is 1.50 bits per heavy atom. The molecule has 1 aromatic rings. The summed E-state index contributed by atoms with van der Waals surface area (Å²) >= 11 is 6.47. The molecular weight excluding hydrogens is 340 g/mol. The van der Waals surface area contributed by atoms with Crippen LogP contribution < -0.4 is 5.32 Å². The second-order valence-electron chi connectivity index (χ2n) is 3.20. The highest BCUT2D eigenvalue weighted by Gasteiger charge is 2.08. The zero-order chi connectivity index (χ0) is 12.1. The van der Waals surface area contributed by atoms with Gasteiger partial charge >= 0.3 is 0 Å². The van der Waals surface area contributed by atoms with Gasteiger partial charge in [0.05, 0.1) is 4.92 Å². The van der Waals surface area contributed by atoms with Crippen LogP contribution in [0.5, 0.6) is 0 Å². The lowest BCUT2D eigenvalue weighted by Crippen LogP contribution is -2.14. The van der Waals surface area contributed by atoms with Crippen LogP contribution in [0.4, 0.5) is 5.69 Å². The minimum absolute atomic E-state index is 0.0869. The highest BCUT2D eigenvalue weighted by atomic mass is 79.9. The van der Waals surface area contributed by atoms with Crippen molar-refractivity contribution < 1.29 is 4.92 Å². The van der Waals surface area contributed by atoms with Crippen molar-refractivity contribution in [1.29, 1.82) is 0 Å². The second kappa shape index (κ2) is 6.12. The number of nitro groups is 1. The van der Waals surface area contributed by atoms with Crippen LogP contribution in [0, 0.1) is 10.1 Å². The van der Waals surface area contributed by atoms with Gasteiger partial charge in [0.2, 0.25) is 0 Å². The van der Waals surface area contributed by atoms with Gasteiger partial charge in [-0.2, -0.15) is 0 Å². The Bertz CT molecular complexity index is 421. The van der Waals surface area contributed by atoms with Gasteiger partial charge in [-0.1, -0.05) is 38.4 Å². The lowest BCUT2D eigenvalue weighted by atomic mass is 10.2. The average molecular weight is 350 g/mol. The molecule has 0 fully saturated rings. The number of non-ortho nitro benzene ring substituents is 1. The quantitative estimate of drug-likeness (QED) is 0.655. The smallest absolute Gasteiger partial charge is 0.270 e. The summed E-state index contributed by atoms with van der Waals surface area (Å²) in [4.78, 5) is 10.2. The molecular formula is C10H10Br2N2O2. The molecule has 0 spiro atoms. The Labute approximate surface area is 110 Å². The summed E-state index contributed by atoms with van der Waals surface area (Å²) in [5, 5.41) is 13.7. The van der Waals surface area contributed by atoms with Crippen molar-refractivity contribution >= 4 is 37.5 Å². The molecule has 0 bridgehead atoms. The highest BCUT2D eigenvalue weighted by molar-refractivity contribution is 9.11. The van der Waals surface area contributed by atoms with Crippen LogP contribution >= 0.6 is 31.9 Å². The van der Waals surface area contributed by atoms with E-state index in [9.17, 15) is 10.1 Å². The molecule has 0 amide bonds. The van der Waals surface area contributed by atoms with E-state index in [4.69, 9.17) is 0 Å². The molecule has 4 nitrogen and oxygen atoms in total. The summed E-state index contributed by atoms with van der Waals surface area (Å²) in [6, 6.07) is 4.87. The molecule has 0 radical (unpaired) electrons. The van der Waals surface area contributed by atoms with Crippen LogP contribution in [-0.4, -0.2) is 11.5 Å². The minimum atomic E-state index is -0.405. The average Bonchev–Trinajstić information content (AvgIpc) is 2.16. The summed E-state index contributed by atoms with van der Waals surface area (Å²) < 4.78 is 1.55. The standard InChI is InChI=1S/C10H10Br2N2O2/c1-7(11)5-13-6-8-2-9(12)4-10(3-8)14(15)16/h2-4,13H,1,5-6H2. The normalized spacial score (nSPS) is 10.1. The van der Waals surface area contributed by atoms with E-state index in [1.54, 1.807) is 6.07 Å². The fourth-order valence-corrected chi connectivity index (χ4v) is 1.91. The van der Waals surface area contributed by atoms with E-state index in [0.29, 0.717) is 17.6 Å². The third-order valence-corrected chi connectivity index (χ3v) is 2.54. The van der Waals surface area contributed by atoms with Crippen LogP contribution in [0.25, 0.3) is 0 Å². The largest absolute Gasteiger partial charge is 0.308 e. The Morgan fingerprint density at radius 3 is 2.75 bits per heavy atom. The Balaban J connectivity index is 2.72. The maximum absolute atomic E-state index is 10.6.